The van der Waals surface area contributed by atoms with E-state index in [0.717, 1.165) is 0 Å². The van der Waals surface area contributed by atoms with Crippen LogP contribution in [0.5, 0.6) is 0 Å². The Hall–Kier alpha value is -3.02. The van der Waals surface area contributed by atoms with Gasteiger partial charge in [-0.25, -0.2) is 0 Å². The van der Waals surface area contributed by atoms with E-state index in [1.807, 2.05) is 44.2 Å². The molecule has 0 radical (unpaired) electrons. The molecule has 3 aliphatic heterocycles. The lowest BCUT2D eigenvalue weighted by Crippen LogP contribution is -2.61. The van der Waals surface area contributed by atoms with E-state index < -0.39 is 47.2 Å². The average Bonchev–Trinajstić information content (AvgIpc) is 3.61. The summed E-state index contributed by atoms with van der Waals surface area (Å²) >= 11 is 3.73. The quantitative estimate of drug-likeness (QED) is 0.143. The topological polar surface area (TPSA) is 125 Å². The van der Waals surface area contributed by atoms with Crippen LogP contribution in [0.2, 0.25) is 0 Å². The molecular weight excluding hydrogens is 678 g/mol. The summed E-state index contributed by atoms with van der Waals surface area (Å²) < 4.78 is 12.8. The van der Waals surface area contributed by atoms with Crippen LogP contribution < -0.4 is 5.32 Å². The van der Waals surface area contributed by atoms with Gasteiger partial charge in [-0.15, -0.1) is 13.2 Å². The van der Waals surface area contributed by atoms with Gasteiger partial charge in [0, 0.05) is 36.5 Å². The Kier molecular flexibility index (Phi) is 12.0. The van der Waals surface area contributed by atoms with Crippen molar-refractivity contribution in [2.24, 2.45) is 17.3 Å². The first-order valence-electron chi connectivity index (χ1n) is 16.9. The Balaban J connectivity index is 1.69. The van der Waals surface area contributed by atoms with Crippen molar-refractivity contribution < 1.29 is 33.8 Å². The maximum absolute atomic E-state index is 14.8. The van der Waals surface area contributed by atoms with Crippen LogP contribution in [0.15, 0.2) is 55.6 Å². The van der Waals surface area contributed by atoms with Crippen LogP contribution in [0, 0.1) is 17.3 Å². The van der Waals surface area contributed by atoms with Crippen LogP contribution in [-0.4, -0.2) is 93.0 Å². The van der Waals surface area contributed by atoms with Gasteiger partial charge in [-0.2, -0.15) is 0 Å². The molecule has 4 rings (SSSR count). The Morgan fingerprint density at radius 1 is 1.19 bits per heavy atom. The highest BCUT2D eigenvalue weighted by Crippen LogP contribution is 2.60. The maximum atomic E-state index is 14.8. The molecule has 0 aliphatic carbocycles. The number of carbonyl (C=O) groups excluding carboxylic acids is 4. The Morgan fingerprint density at radius 3 is 2.48 bits per heavy atom. The summed E-state index contributed by atoms with van der Waals surface area (Å²) in [4.78, 5) is 59.0. The highest BCUT2D eigenvalue weighted by molar-refractivity contribution is 9.09. The van der Waals surface area contributed by atoms with Crippen LogP contribution in [-0.2, 0) is 28.7 Å². The van der Waals surface area contributed by atoms with Gasteiger partial charge < -0.3 is 29.7 Å². The molecule has 1 aromatic carbocycles. The predicted octanol–water partition coefficient (Wildman–Crippen LogP) is 4.71. The van der Waals surface area contributed by atoms with Crippen molar-refractivity contribution in [1.82, 2.24) is 15.1 Å². The molecule has 7 atom stereocenters. The zero-order valence-electron chi connectivity index (χ0n) is 29.0. The van der Waals surface area contributed by atoms with Gasteiger partial charge in [-0.3, -0.25) is 19.2 Å². The molecule has 0 saturated carbocycles. The molecule has 264 valence electrons. The van der Waals surface area contributed by atoms with Gasteiger partial charge >= 0.3 is 5.97 Å². The molecule has 48 heavy (non-hydrogen) atoms. The van der Waals surface area contributed by atoms with Crippen molar-refractivity contribution in [2.45, 2.75) is 101 Å². The summed E-state index contributed by atoms with van der Waals surface area (Å²) in [5, 5.41) is 12.6. The first-order valence-corrected chi connectivity index (χ1v) is 17.8. The number of nitrogens with zero attached hydrogens (tertiary/aromatic N) is 2. The second kappa shape index (κ2) is 15.3. The molecule has 0 aromatic heterocycles. The summed E-state index contributed by atoms with van der Waals surface area (Å²) in [7, 11) is 0. The van der Waals surface area contributed by atoms with E-state index in [0.29, 0.717) is 24.8 Å². The lowest BCUT2D eigenvalue weighted by atomic mass is 9.70. The number of esters is 1. The molecule has 3 saturated heterocycles. The van der Waals surface area contributed by atoms with Gasteiger partial charge in [-0.05, 0) is 50.5 Å². The third kappa shape index (κ3) is 7.73. The normalized spacial score (nSPS) is 26.9. The molecular formula is C37H52BrN3O7. The number of halogens is 1. The number of fused-ring (bicyclic) bond motifs is 1. The van der Waals surface area contributed by atoms with Crippen LogP contribution in [0.3, 0.4) is 0 Å². The number of amides is 3. The van der Waals surface area contributed by atoms with Gasteiger partial charge in [-0.1, -0.05) is 79.2 Å². The standard InChI is InChI=1S/C37H52BrN3O7/c1-8-10-17-27(43)39-22-26(24-15-12-11-13-16-24)47-34(46)28-29-32(44)40(19-14-20-42)31(37(29)21-25(38)30(28)48-37)33(45)41(18-9-2)36(6,7)23-35(3,4)5/h8-9,11-13,15-16,25-26,28-31,42H,1-2,10,14,17-23H2,3-7H3,(H,39,43)/t25?,26-,28-,29+,30-,31-,37+/m1/s1. The molecule has 1 aromatic rings. The highest BCUT2D eigenvalue weighted by atomic mass is 79.9. The molecule has 3 aliphatic rings. The number of carbonyl (C=O) groups is 4. The first kappa shape index (κ1) is 37.8. The molecule has 1 spiro atoms. The number of allylic oxidation sites excluding steroid dienone is 1. The number of aliphatic hydroxyl groups excluding tert-OH is 1. The summed E-state index contributed by atoms with van der Waals surface area (Å²) in [6.45, 7) is 18.3. The van der Waals surface area contributed by atoms with E-state index in [2.05, 4.69) is 55.2 Å². The van der Waals surface area contributed by atoms with E-state index in [4.69, 9.17) is 9.47 Å². The lowest BCUT2D eigenvalue weighted by molar-refractivity contribution is -0.160. The number of nitrogens with one attached hydrogen (secondary N) is 1. The number of likely N-dealkylation sites (tertiary alicyclic amines) is 1. The van der Waals surface area contributed by atoms with Crippen molar-refractivity contribution in [3.8, 4) is 0 Å². The zero-order chi connectivity index (χ0) is 35.4. The number of hydrogen-bond donors (Lipinski definition) is 2. The number of alkyl halides is 1. The fraction of sp³-hybridized carbons (Fsp3) is 0.622. The second-order valence-electron chi connectivity index (χ2n) is 15.0. The zero-order valence-corrected chi connectivity index (χ0v) is 30.5. The van der Waals surface area contributed by atoms with Gasteiger partial charge in [0.2, 0.25) is 17.7 Å². The summed E-state index contributed by atoms with van der Waals surface area (Å²) in [5.41, 5.74) is -1.26. The molecule has 2 bridgehead atoms. The minimum absolute atomic E-state index is 0.0502. The molecule has 10 nitrogen and oxygen atoms in total. The van der Waals surface area contributed by atoms with Crippen LogP contribution in [0.4, 0.5) is 0 Å². The van der Waals surface area contributed by atoms with Crippen molar-refractivity contribution in [3.63, 3.8) is 0 Å². The lowest BCUT2D eigenvalue weighted by Gasteiger charge is -2.45. The summed E-state index contributed by atoms with van der Waals surface area (Å²) in [5.74, 6) is -3.37. The summed E-state index contributed by atoms with van der Waals surface area (Å²) in [6, 6.07) is 8.13. The Morgan fingerprint density at radius 2 is 1.88 bits per heavy atom. The molecule has 3 amide bonds. The van der Waals surface area contributed by atoms with E-state index >= 15 is 0 Å². The van der Waals surface area contributed by atoms with Crippen LogP contribution in [0.25, 0.3) is 0 Å². The van der Waals surface area contributed by atoms with Gasteiger partial charge in [0.1, 0.15) is 17.7 Å². The predicted molar refractivity (Wildman–Crippen MR) is 187 cm³/mol. The molecule has 11 heteroatoms. The van der Waals surface area contributed by atoms with Crippen molar-refractivity contribution in [3.05, 3.63) is 61.2 Å². The molecule has 3 heterocycles. The van der Waals surface area contributed by atoms with Crippen LogP contribution in [0.1, 0.15) is 78.4 Å². The monoisotopic (exact) mass is 729 g/mol. The largest absolute Gasteiger partial charge is 0.455 e. The minimum atomic E-state index is -1.27. The van der Waals surface area contributed by atoms with Gasteiger partial charge in [0.15, 0.2) is 0 Å². The molecule has 3 fully saturated rings. The smallest absolute Gasteiger partial charge is 0.313 e. The maximum Gasteiger partial charge on any atom is 0.313 e. The van der Waals surface area contributed by atoms with Crippen molar-refractivity contribution >= 4 is 39.6 Å². The number of rotatable bonds is 16. The van der Waals surface area contributed by atoms with Crippen molar-refractivity contribution in [2.75, 3.05) is 26.2 Å². The van der Waals surface area contributed by atoms with Gasteiger partial charge in [0.05, 0.1) is 24.5 Å². The fourth-order valence-electron chi connectivity index (χ4n) is 8.11. The first-order chi connectivity index (χ1) is 22.6. The third-order valence-corrected chi connectivity index (χ3v) is 10.5. The van der Waals surface area contributed by atoms with E-state index in [1.165, 1.54) is 4.90 Å². The summed E-state index contributed by atoms with van der Waals surface area (Å²) in [6.07, 6.45) is 3.94. The van der Waals surface area contributed by atoms with Crippen LogP contribution >= 0.6 is 15.9 Å². The van der Waals surface area contributed by atoms with E-state index in [1.54, 1.807) is 17.1 Å². The Bertz CT molecular complexity index is 1360. The van der Waals surface area contributed by atoms with Gasteiger partial charge in [0.25, 0.3) is 0 Å². The van der Waals surface area contributed by atoms with Crippen molar-refractivity contribution in [1.29, 1.82) is 0 Å². The third-order valence-electron chi connectivity index (χ3n) is 9.61. The Labute approximate surface area is 293 Å². The number of ether oxygens (including phenoxy) is 2. The number of hydrogen-bond acceptors (Lipinski definition) is 7. The average molecular weight is 731 g/mol. The second-order valence-corrected chi connectivity index (χ2v) is 16.2. The molecule has 1 unspecified atom stereocenters. The molecule has 2 N–H and O–H groups in total. The fourth-order valence-corrected chi connectivity index (χ4v) is 9.05. The number of benzene rings is 1. The highest BCUT2D eigenvalue weighted by Gasteiger charge is 2.77. The minimum Gasteiger partial charge on any atom is -0.455 e. The SMILES string of the molecule is C=CCCC(=O)NC[C@@H](OC(=O)[C@H]1[C@@H]2O[C@@]3(CC2Br)[C@@H]1C(=O)N(CCCO)[C@@H]3C(=O)N(CC=C)C(C)(C)CC(C)(C)C)c1ccccc1. The number of aliphatic hydroxyl groups is 1. The van der Waals surface area contributed by atoms with E-state index in [-0.39, 0.29) is 67.0 Å². The van der Waals surface area contributed by atoms with E-state index in [9.17, 15) is 24.3 Å².